The first kappa shape index (κ1) is 22.1. The summed E-state index contributed by atoms with van der Waals surface area (Å²) in [6, 6.07) is 9.98. The normalized spacial score (nSPS) is 10.5. The van der Waals surface area contributed by atoms with Crippen LogP contribution >= 0.6 is 23.2 Å². The zero-order chi connectivity index (χ0) is 20.7. The summed E-state index contributed by atoms with van der Waals surface area (Å²) in [5.74, 6) is -0.872. The summed E-state index contributed by atoms with van der Waals surface area (Å²) in [6.07, 6.45) is 5.93. The van der Waals surface area contributed by atoms with E-state index >= 15 is 0 Å². The highest BCUT2D eigenvalue weighted by Crippen LogP contribution is 2.32. The zero-order valence-electron chi connectivity index (χ0n) is 16.3. The fourth-order valence-corrected chi connectivity index (χ4v) is 3.46. The van der Waals surface area contributed by atoms with Gasteiger partial charge < -0.3 is 10.0 Å². The number of anilines is 1. The van der Waals surface area contributed by atoms with Crippen molar-refractivity contribution in [1.29, 1.82) is 0 Å². The summed E-state index contributed by atoms with van der Waals surface area (Å²) in [6.45, 7) is 6.22. The SMILES string of the molecule is CCCN(CC)c1ccc(-c2ccn3ncc(CC(=O)O)c3c2)c(Cl)c1.CCl. The maximum atomic E-state index is 11.0. The molecular weight excluding hydrogens is 397 g/mol. The highest BCUT2D eigenvalue weighted by Gasteiger charge is 2.12. The first-order valence-corrected chi connectivity index (χ1v) is 10.3. The van der Waals surface area contributed by atoms with Crippen molar-refractivity contribution in [1.82, 2.24) is 9.61 Å². The Morgan fingerprint density at radius 1 is 1.21 bits per heavy atom. The smallest absolute Gasteiger partial charge is 0.307 e. The van der Waals surface area contributed by atoms with Gasteiger partial charge in [0.15, 0.2) is 0 Å². The van der Waals surface area contributed by atoms with Gasteiger partial charge in [0, 0.05) is 42.5 Å². The number of fused-ring (bicyclic) bond motifs is 1. The summed E-state index contributed by atoms with van der Waals surface area (Å²) in [4.78, 5) is 13.3. The van der Waals surface area contributed by atoms with E-state index in [1.165, 1.54) is 6.38 Å². The number of hydrogen-bond donors (Lipinski definition) is 1. The number of pyridine rings is 1. The number of hydrogen-bond acceptors (Lipinski definition) is 3. The summed E-state index contributed by atoms with van der Waals surface area (Å²) >= 11 is 11.2. The molecule has 5 nitrogen and oxygen atoms in total. The van der Waals surface area contributed by atoms with E-state index in [4.69, 9.17) is 16.7 Å². The standard InChI is InChI=1S/C20H22ClN3O2.CH3Cl/c1-3-8-23(4-2)16-5-6-17(18(21)12-16)14-7-9-24-19(10-14)15(13-22-24)11-20(25)26;1-2/h5-7,9-10,12-13H,3-4,8,11H2,1-2H3,(H,25,26);1H3. The summed E-state index contributed by atoms with van der Waals surface area (Å²) < 4.78 is 1.68. The average molecular weight is 422 g/mol. The number of aromatic nitrogens is 2. The number of benzene rings is 1. The molecule has 3 aromatic rings. The molecule has 0 aliphatic carbocycles. The third-order valence-corrected chi connectivity index (χ3v) is 4.76. The van der Waals surface area contributed by atoms with Gasteiger partial charge in [-0.1, -0.05) is 24.6 Å². The maximum Gasteiger partial charge on any atom is 0.307 e. The molecule has 150 valence electrons. The van der Waals surface area contributed by atoms with Crippen molar-refractivity contribution in [2.24, 2.45) is 0 Å². The van der Waals surface area contributed by atoms with Crippen LogP contribution in [0, 0.1) is 0 Å². The summed E-state index contributed by atoms with van der Waals surface area (Å²) in [5.41, 5.74) is 4.45. The van der Waals surface area contributed by atoms with Crippen LogP contribution in [0.3, 0.4) is 0 Å². The Kier molecular flexibility index (Phi) is 8.15. The second kappa shape index (κ2) is 10.3. The monoisotopic (exact) mass is 421 g/mol. The molecule has 0 bridgehead atoms. The van der Waals surface area contributed by atoms with E-state index in [1.54, 1.807) is 10.7 Å². The molecule has 28 heavy (non-hydrogen) atoms. The van der Waals surface area contributed by atoms with Crippen LogP contribution in [-0.4, -0.2) is 40.2 Å². The van der Waals surface area contributed by atoms with Gasteiger partial charge in [0.25, 0.3) is 0 Å². The molecule has 0 aliphatic rings. The number of carboxylic acids is 1. The Hall–Kier alpha value is -2.24. The molecule has 0 aliphatic heterocycles. The van der Waals surface area contributed by atoms with Crippen LogP contribution < -0.4 is 4.90 Å². The molecule has 0 spiro atoms. The van der Waals surface area contributed by atoms with Crippen LogP contribution in [0.1, 0.15) is 25.8 Å². The largest absolute Gasteiger partial charge is 0.481 e. The molecule has 0 amide bonds. The van der Waals surface area contributed by atoms with E-state index in [1.807, 2.05) is 30.5 Å². The molecule has 3 rings (SSSR count). The van der Waals surface area contributed by atoms with E-state index in [0.717, 1.165) is 41.8 Å². The van der Waals surface area contributed by atoms with E-state index in [0.29, 0.717) is 10.6 Å². The van der Waals surface area contributed by atoms with Gasteiger partial charge in [-0.2, -0.15) is 5.10 Å². The molecule has 2 aromatic heterocycles. The van der Waals surface area contributed by atoms with E-state index in [9.17, 15) is 4.79 Å². The van der Waals surface area contributed by atoms with Gasteiger partial charge in [-0.05, 0) is 43.2 Å². The Labute approximate surface area is 175 Å². The van der Waals surface area contributed by atoms with E-state index in [2.05, 4.69) is 41.5 Å². The molecule has 1 N–H and O–H groups in total. The lowest BCUT2D eigenvalue weighted by molar-refractivity contribution is -0.136. The topological polar surface area (TPSA) is 57.8 Å². The van der Waals surface area contributed by atoms with Crippen LogP contribution in [0.4, 0.5) is 5.69 Å². The minimum atomic E-state index is -0.872. The lowest BCUT2D eigenvalue weighted by Gasteiger charge is -2.23. The van der Waals surface area contributed by atoms with Crippen molar-refractivity contribution >= 4 is 40.4 Å². The molecule has 0 saturated heterocycles. The van der Waals surface area contributed by atoms with Crippen molar-refractivity contribution in [2.45, 2.75) is 26.7 Å². The van der Waals surface area contributed by atoms with Gasteiger partial charge in [-0.3, -0.25) is 4.79 Å². The second-order valence-corrected chi connectivity index (χ2v) is 6.64. The van der Waals surface area contributed by atoms with Crippen LogP contribution in [0.2, 0.25) is 5.02 Å². The predicted molar refractivity (Wildman–Crippen MR) is 117 cm³/mol. The van der Waals surface area contributed by atoms with Crippen LogP contribution in [-0.2, 0) is 11.2 Å². The Balaban J connectivity index is 0.00000136. The van der Waals surface area contributed by atoms with Crippen molar-refractivity contribution in [2.75, 3.05) is 24.4 Å². The fraction of sp³-hybridized carbons (Fsp3) is 0.333. The number of halogens is 2. The quantitative estimate of drug-likeness (QED) is 0.520. The maximum absolute atomic E-state index is 11.0. The molecule has 7 heteroatoms. The van der Waals surface area contributed by atoms with Crippen molar-refractivity contribution in [3.63, 3.8) is 0 Å². The van der Waals surface area contributed by atoms with Gasteiger partial charge in [0.2, 0.25) is 0 Å². The van der Waals surface area contributed by atoms with Crippen LogP contribution in [0.5, 0.6) is 0 Å². The van der Waals surface area contributed by atoms with Gasteiger partial charge in [0.05, 0.1) is 23.2 Å². The first-order chi connectivity index (χ1) is 13.5. The Morgan fingerprint density at radius 3 is 2.57 bits per heavy atom. The van der Waals surface area contributed by atoms with Gasteiger partial charge >= 0.3 is 5.97 Å². The molecule has 2 heterocycles. The third kappa shape index (κ3) is 4.97. The van der Waals surface area contributed by atoms with Crippen molar-refractivity contribution in [3.05, 3.63) is 53.3 Å². The van der Waals surface area contributed by atoms with Gasteiger partial charge in [0.1, 0.15) is 0 Å². The third-order valence-electron chi connectivity index (χ3n) is 4.45. The minimum absolute atomic E-state index is 0.0535. The predicted octanol–water partition coefficient (Wildman–Crippen LogP) is 5.37. The highest BCUT2D eigenvalue weighted by atomic mass is 35.5. The first-order valence-electron chi connectivity index (χ1n) is 9.14. The van der Waals surface area contributed by atoms with Gasteiger partial charge in [-0.25, -0.2) is 4.52 Å². The molecule has 0 saturated carbocycles. The number of carbonyl (C=O) groups is 1. The number of rotatable bonds is 7. The van der Waals surface area contributed by atoms with E-state index in [-0.39, 0.29) is 6.42 Å². The second-order valence-electron chi connectivity index (χ2n) is 6.23. The number of aliphatic carboxylic acids is 1. The van der Waals surface area contributed by atoms with Crippen molar-refractivity contribution < 1.29 is 9.90 Å². The van der Waals surface area contributed by atoms with Gasteiger partial charge in [-0.15, -0.1) is 11.6 Å². The molecular formula is C21H25Cl2N3O2. The number of carboxylic acid groups (broad SMARTS) is 1. The molecule has 0 fully saturated rings. The Morgan fingerprint density at radius 2 is 1.96 bits per heavy atom. The lowest BCUT2D eigenvalue weighted by Crippen LogP contribution is -2.23. The summed E-state index contributed by atoms with van der Waals surface area (Å²) in [7, 11) is 0. The van der Waals surface area contributed by atoms with E-state index < -0.39 is 5.97 Å². The highest BCUT2D eigenvalue weighted by molar-refractivity contribution is 6.33. The zero-order valence-corrected chi connectivity index (χ0v) is 17.8. The molecule has 0 unspecified atom stereocenters. The lowest BCUT2D eigenvalue weighted by atomic mass is 10.0. The Bertz CT molecular complexity index is 941. The minimum Gasteiger partial charge on any atom is -0.481 e. The van der Waals surface area contributed by atoms with Crippen molar-refractivity contribution in [3.8, 4) is 11.1 Å². The molecule has 1 aromatic carbocycles. The number of nitrogens with zero attached hydrogens (tertiary/aromatic N) is 3. The van der Waals surface area contributed by atoms with Crippen LogP contribution in [0.15, 0.2) is 42.7 Å². The van der Waals surface area contributed by atoms with Crippen LogP contribution in [0.25, 0.3) is 16.6 Å². The molecule has 0 radical (unpaired) electrons. The molecule has 0 atom stereocenters. The summed E-state index contributed by atoms with van der Waals surface area (Å²) in [5, 5.41) is 14.0. The number of alkyl halides is 1. The average Bonchev–Trinajstić information content (AvgIpc) is 3.09. The fourth-order valence-electron chi connectivity index (χ4n) is 3.17.